The Morgan fingerprint density at radius 3 is 2.35 bits per heavy atom. The summed E-state index contributed by atoms with van der Waals surface area (Å²) in [6, 6.07) is 1.67. The van der Waals surface area contributed by atoms with Gasteiger partial charge in [0.15, 0.2) is 0 Å². The van der Waals surface area contributed by atoms with Crippen molar-refractivity contribution in [3.8, 4) is 0 Å². The molecular formula is C15H30N2. The molecule has 0 radical (unpaired) electrons. The first-order valence-electron chi connectivity index (χ1n) is 7.68. The third-order valence-electron chi connectivity index (χ3n) is 4.72. The summed E-state index contributed by atoms with van der Waals surface area (Å²) < 4.78 is 0. The summed E-state index contributed by atoms with van der Waals surface area (Å²) in [4.78, 5) is 2.85. The van der Waals surface area contributed by atoms with E-state index < -0.39 is 0 Å². The molecule has 17 heavy (non-hydrogen) atoms. The Morgan fingerprint density at radius 1 is 1.06 bits per heavy atom. The lowest BCUT2D eigenvalue weighted by molar-refractivity contribution is 0.0949. The van der Waals surface area contributed by atoms with Crippen molar-refractivity contribution in [1.82, 2.24) is 4.90 Å². The van der Waals surface area contributed by atoms with Crippen LogP contribution in [0.3, 0.4) is 0 Å². The van der Waals surface area contributed by atoms with Crippen molar-refractivity contribution in [2.45, 2.75) is 70.9 Å². The van der Waals surface area contributed by atoms with E-state index in [0.29, 0.717) is 0 Å². The van der Waals surface area contributed by atoms with Crippen LogP contribution in [0.2, 0.25) is 0 Å². The highest BCUT2D eigenvalue weighted by Crippen LogP contribution is 2.35. The molecule has 2 N–H and O–H groups in total. The zero-order chi connectivity index (χ0) is 12.3. The monoisotopic (exact) mass is 238 g/mol. The van der Waals surface area contributed by atoms with E-state index in [2.05, 4.69) is 18.7 Å². The first kappa shape index (κ1) is 13.4. The van der Waals surface area contributed by atoms with Crippen molar-refractivity contribution >= 4 is 0 Å². The van der Waals surface area contributed by atoms with Crippen LogP contribution in [-0.4, -0.2) is 30.1 Å². The maximum absolute atomic E-state index is 5.96. The lowest BCUT2D eigenvalue weighted by Crippen LogP contribution is -2.47. The third kappa shape index (κ3) is 3.23. The maximum atomic E-state index is 5.96. The zero-order valence-corrected chi connectivity index (χ0v) is 11.7. The average molecular weight is 238 g/mol. The molecule has 0 saturated heterocycles. The highest BCUT2D eigenvalue weighted by Gasteiger charge is 2.35. The van der Waals surface area contributed by atoms with Crippen molar-refractivity contribution in [2.75, 3.05) is 13.1 Å². The minimum Gasteiger partial charge on any atom is -0.330 e. The Labute approximate surface area is 107 Å². The summed E-state index contributed by atoms with van der Waals surface area (Å²) in [7, 11) is 0. The number of nitrogens with two attached hydrogens (primary N) is 1. The van der Waals surface area contributed by atoms with Gasteiger partial charge in [0.2, 0.25) is 0 Å². The summed E-state index contributed by atoms with van der Waals surface area (Å²) in [5.74, 6) is 1.56. The second kappa shape index (κ2) is 6.19. The molecule has 0 aromatic carbocycles. The number of hydrogen-bond donors (Lipinski definition) is 1. The molecule has 2 saturated carbocycles. The molecule has 2 atom stereocenters. The standard InChI is InChI=1S/C15H30N2/c1-12(2)11-17(14-7-3-4-8-14)15-9-5-6-13(15)10-16/h12-15H,3-11,16H2,1-2H3. The molecule has 2 aliphatic rings. The van der Waals surface area contributed by atoms with E-state index in [0.717, 1.165) is 30.5 Å². The van der Waals surface area contributed by atoms with Gasteiger partial charge in [0.1, 0.15) is 0 Å². The van der Waals surface area contributed by atoms with Gasteiger partial charge in [0.05, 0.1) is 0 Å². The van der Waals surface area contributed by atoms with Crippen molar-refractivity contribution in [3.63, 3.8) is 0 Å². The number of nitrogens with zero attached hydrogens (tertiary/aromatic N) is 1. The zero-order valence-electron chi connectivity index (χ0n) is 11.7. The van der Waals surface area contributed by atoms with Crippen LogP contribution >= 0.6 is 0 Å². The van der Waals surface area contributed by atoms with Crippen LogP contribution in [0.1, 0.15) is 58.8 Å². The molecule has 0 aromatic rings. The molecule has 0 heterocycles. The van der Waals surface area contributed by atoms with E-state index in [1.54, 1.807) is 0 Å². The summed E-state index contributed by atoms with van der Waals surface area (Å²) in [6.45, 7) is 6.89. The SMILES string of the molecule is CC(C)CN(C1CCCC1)C1CCCC1CN. The molecule has 2 fully saturated rings. The van der Waals surface area contributed by atoms with Gasteiger partial charge in [-0.2, -0.15) is 0 Å². The topological polar surface area (TPSA) is 29.3 Å². The minimum absolute atomic E-state index is 0.773. The van der Waals surface area contributed by atoms with Gasteiger partial charge in [-0.05, 0) is 44.1 Å². The predicted octanol–water partition coefficient (Wildman–Crippen LogP) is 3.01. The molecule has 0 amide bonds. The molecule has 0 bridgehead atoms. The van der Waals surface area contributed by atoms with E-state index in [9.17, 15) is 0 Å². The normalized spacial score (nSPS) is 30.9. The molecule has 2 heteroatoms. The lowest BCUT2D eigenvalue weighted by Gasteiger charge is -2.38. The Hall–Kier alpha value is -0.0800. The molecule has 0 spiro atoms. The second-order valence-electron chi connectivity index (χ2n) is 6.52. The Kier molecular flexibility index (Phi) is 4.87. The van der Waals surface area contributed by atoms with Crippen molar-refractivity contribution in [3.05, 3.63) is 0 Å². The average Bonchev–Trinajstić information content (AvgIpc) is 2.96. The van der Waals surface area contributed by atoms with E-state index >= 15 is 0 Å². The summed E-state index contributed by atoms with van der Waals surface area (Å²) in [5.41, 5.74) is 5.96. The lowest BCUT2D eigenvalue weighted by atomic mass is 9.98. The van der Waals surface area contributed by atoms with Crippen molar-refractivity contribution in [1.29, 1.82) is 0 Å². The first-order chi connectivity index (χ1) is 8.22. The van der Waals surface area contributed by atoms with Gasteiger partial charge >= 0.3 is 0 Å². The molecule has 2 unspecified atom stereocenters. The molecule has 100 valence electrons. The quantitative estimate of drug-likeness (QED) is 0.798. The fourth-order valence-corrected chi connectivity index (χ4v) is 3.94. The van der Waals surface area contributed by atoms with E-state index in [-0.39, 0.29) is 0 Å². The minimum atomic E-state index is 0.773. The summed E-state index contributed by atoms with van der Waals surface area (Å²) in [6.07, 6.45) is 9.90. The highest BCUT2D eigenvalue weighted by atomic mass is 15.2. The summed E-state index contributed by atoms with van der Waals surface area (Å²) >= 11 is 0. The van der Waals surface area contributed by atoms with Gasteiger partial charge < -0.3 is 5.73 Å². The van der Waals surface area contributed by atoms with E-state index in [1.165, 1.54) is 51.5 Å². The third-order valence-corrected chi connectivity index (χ3v) is 4.72. The number of hydrogen-bond acceptors (Lipinski definition) is 2. The van der Waals surface area contributed by atoms with Gasteiger partial charge in [-0.25, -0.2) is 0 Å². The van der Waals surface area contributed by atoms with Crippen LogP contribution in [0.4, 0.5) is 0 Å². The molecular weight excluding hydrogens is 208 g/mol. The predicted molar refractivity (Wildman–Crippen MR) is 74.0 cm³/mol. The van der Waals surface area contributed by atoms with Crippen LogP contribution in [-0.2, 0) is 0 Å². The molecule has 2 aliphatic carbocycles. The van der Waals surface area contributed by atoms with Crippen molar-refractivity contribution in [2.24, 2.45) is 17.6 Å². The van der Waals surface area contributed by atoms with Crippen molar-refractivity contribution < 1.29 is 0 Å². The van der Waals surface area contributed by atoms with Gasteiger partial charge in [-0.3, -0.25) is 4.90 Å². The van der Waals surface area contributed by atoms with Crippen LogP contribution in [0, 0.1) is 11.8 Å². The highest BCUT2D eigenvalue weighted by molar-refractivity contribution is 4.91. The Bertz CT molecular complexity index is 221. The van der Waals surface area contributed by atoms with Crippen LogP contribution in [0.25, 0.3) is 0 Å². The van der Waals surface area contributed by atoms with Crippen LogP contribution in [0.15, 0.2) is 0 Å². The molecule has 2 nitrogen and oxygen atoms in total. The van der Waals surface area contributed by atoms with Crippen LogP contribution in [0.5, 0.6) is 0 Å². The summed E-state index contributed by atoms with van der Waals surface area (Å²) in [5, 5.41) is 0. The van der Waals surface area contributed by atoms with E-state index in [4.69, 9.17) is 5.73 Å². The van der Waals surface area contributed by atoms with Gasteiger partial charge in [0, 0.05) is 18.6 Å². The fraction of sp³-hybridized carbons (Fsp3) is 1.00. The first-order valence-corrected chi connectivity index (χ1v) is 7.68. The van der Waals surface area contributed by atoms with Crippen LogP contribution < -0.4 is 5.73 Å². The Balaban J connectivity index is 2.02. The molecule has 0 aliphatic heterocycles. The van der Waals surface area contributed by atoms with E-state index in [1.807, 2.05) is 0 Å². The maximum Gasteiger partial charge on any atom is 0.0139 e. The largest absolute Gasteiger partial charge is 0.330 e. The van der Waals surface area contributed by atoms with Gasteiger partial charge in [-0.15, -0.1) is 0 Å². The fourth-order valence-electron chi connectivity index (χ4n) is 3.94. The molecule has 2 rings (SSSR count). The van der Waals surface area contributed by atoms with Gasteiger partial charge in [-0.1, -0.05) is 33.1 Å². The smallest absolute Gasteiger partial charge is 0.0139 e. The second-order valence-corrected chi connectivity index (χ2v) is 6.52. The Morgan fingerprint density at radius 2 is 1.76 bits per heavy atom. The van der Waals surface area contributed by atoms with Gasteiger partial charge in [0.25, 0.3) is 0 Å². The molecule has 0 aromatic heterocycles. The number of rotatable bonds is 5.